The predicted octanol–water partition coefficient (Wildman–Crippen LogP) is 2.80. The van der Waals surface area contributed by atoms with E-state index in [9.17, 15) is 0 Å². The zero-order chi connectivity index (χ0) is 12.0. The van der Waals surface area contributed by atoms with E-state index in [0.29, 0.717) is 0 Å². The minimum atomic E-state index is 0.259. The topological polar surface area (TPSA) is 15.3 Å². The molecular weight excluding hydrogens is 268 g/mol. The molecule has 2 heterocycles. The van der Waals surface area contributed by atoms with E-state index in [-0.39, 0.29) is 6.04 Å². The average molecular weight is 280 g/mol. The Kier molecular flexibility index (Phi) is 2.84. The van der Waals surface area contributed by atoms with Crippen molar-refractivity contribution in [3.8, 4) is 0 Å². The van der Waals surface area contributed by atoms with E-state index in [4.69, 9.17) is 24.4 Å². The van der Waals surface area contributed by atoms with Crippen molar-refractivity contribution in [3.63, 3.8) is 0 Å². The highest BCUT2D eigenvalue weighted by molar-refractivity contribution is 7.99. The standard InChI is InChI=1S/C12H12N2S3/c1-7-2-3-9-8(4-7)12(16)14-6-17-5-10(14)11(15)13-9/h2-4,10H,5-6H2,1H3,(H,13,15). The summed E-state index contributed by atoms with van der Waals surface area (Å²) in [5.41, 5.74) is 3.38. The molecule has 1 fully saturated rings. The maximum absolute atomic E-state index is 5.61. The molecule has 2 nitrogen and oxygen atoms in total. The normalized spacial score (nSPS) is 22.9. The first-order valence-corrected chi connectivity index (χ1v) is 7.44. The molecule has 0 aliphatic carbocycles. The van der Waals surface area contributed by atoms with E-state index in [2.05, 4.69) is 35.3 Å². The number of nitrogens with zero attached hydrogens (tertiary/aromatic N) is 1. The molecule has 0 amide bonds. The van der Waals surface area contributed by atoms with Gasteiger partial charge in [0, 0.05) is 17.0 Å². The Balaban J connectivity index is 2.12. The van der Waals surface area contributed by atoms with Crippen LogP contribution in [-0.2, 0) is 0 Å². The van der Waals surface area contributed by atoms with Gasteiger partial charge in [-0.15, -0.1) is 11.8 Å². The molecule has 1 aromatic rings. The monoisotopic (exact) mass is 280 g/mol. The van der Waals surface area contributed by atoms with Gasteiger partial charge in [-0.2, -0.15) is 0 Å². The van der Waals surface area contributed by atoms with Crippen LogP contribution in [0.4, 0.5) is 5.69 Å². The molecule has 1 N–H and O–H groups in total. The summed E-state index contributed by atoms with van der Waals surface area (Å²) in [6, 6.07) is 6.55. The second kappa shape index (κ2) is 4.23. The van der Waals surface area contributed by atoms with Gasteiger partial charge in [-0.1, -0.05) is 36.1 Å². The van der Waals surface area contributed by atoms with Gasteiger partial charge in [0.15, 0.2) is 0 Å². The molecule has 0 spiro atoms. The van der Waals surface area contributed by atoms with Crippen molar-refractivity contribution in [3.05, 3.63) is 29.3 Å². The van der Waals surface area contributed by atoms with Gasteiger partial charge in [-0.05, 0) is 19.1 Å². The third-order valence-electron chi connectivity index (χ3n) is 3.11. The molecule has 17 heavy (non-hydrogen) atoms. The number of fused-ring (bicyclic) bond motifs is 2. The zero-order valence-corrected chi connectivity index (χ0v) is 11.8. The lowest BCUT2D eigenvalue weighted by atomic mass is 10.1. The van der Waals surface area contributed by atoms with E-state index >= 15 is 0 Å². The van der Waals surface area contributed by atoms with Crippen LogP contribution < -0.4 is 5.32 Å². The lowest BCUT2D eigenvalue weighted by Crippen LogP contribution is -2.40. The lowest BCUT2D eigenvalue weighted by Gasteiger charge is -2.23. The summed E-state index contributed by atoms with van der Waals surface area (Å²) in [5.74, 6) is 1.97. The molecule has 2 aliphatic heterocycles. The van der Waals surface area contributed by atoms with Crippen LogP contribution in [0.5, 0.6) is 0 Å². The SMILES string of the molecule is Cc1ccc2c(c1)C(=S)N1CSCC1C(=S)N2. The van der Waals surface area contributed by atoms with Gasteiger partial charge < -0.3 is 10.2 Å². The highest BCUT2D eigenvalue weighted by Gasteiger charge is 2.34. The third kappa shape index (κ3) is 1.86. The number of rotatable bonds is 0. The van der Waals surface area contributed by atoms with Gasteiger partial charge in [-0.3, -0.25) is 0 Å². The number of thioether (sulfide) groups is 1. The number of aryl methyl sites for hydroxylation is 1. The van der Waals surface area contributed by atoms with Crippen LogP contribution >= 0.6 is 36.2 Å². The molecule has 1 atom stereocenters. The van der Waals surface area contributed by atoms with Crippen molar-refractivity contribution in [2.75, 3.05) is 16.9 Å². The summed E-state index contributed by atoms with van der Waals surface area (Å²) in [7, 11) is 0. The van der Waals surface area contributed by atoms with Crippen molar-refractivity contribution in [2.45, 2.75) is 13.0 Å². The van der Waals surface area contributed by atoms with Crippen molar-refractivity contribution >= 4 is 51.9 Å². The molecule has 3 rings (SSSR count). The van der Waals surface area contributed by atoms with Crippen molar-refractivity contribution in [1.82, 2.24) is 4.90 Å². The number of thiocarbonyl (C=S) groups is 2. The minimum Gasteiger partial charge on any atom is -0.348 e. The van der Waals surface area contributed by atoms with Gasteiger partial charge in [0.2, 0.25) is 0 Å². The van der Waals surface area contributed by atoms with Gasteiger partial charge in [-0.25, -0.2) is 0 Å². The van der Waals surface area contributed by atoms with Crippen LogP contribution in [0.15, 0.2) is 18.2 Å². The predicted molar refractivity (Wildman–Crippen MR) is 82.1 cm³/mol. The molecule has 0 aromatic heterocycles. The fraction of sp³-hybridized carbons (Fsp3) is 0.333. The van der Waals surface area contributed by atoms with Crippen LogP contribution in [-0.4, -0.2) is 32.5 Å². The van der Waals surface area contributed by atoms with Crippen molar-refractivity contribution in [2.24, 2.45) is 0 Å². The Morgan fingerprint density at radius 3 is 3.06 bits per heavy atom. The van der Waals surface area contributed by atoms with Crippen LogP contribution in [0, 0.1) is 6.92 Å². The van der Waals surface area contributed by atoms with E-state index in [1.165, 1.54) is 5.56 Å². The molecule has 88 valence electrons. The van der Waals surface area contributed by atoms with E-state index < -0.39 is 0 Å². The summed E-state index contributed by atoms with van der Waals surface area (Å²) < 4.78 is 0. The van der Waals surface area contributed by atoms with Gasteiger partial charge in [0.25, 0.3) is 0 Å². The highest BCUT2D eigenvalue weighted by Crippen LogP contribution is 2.31. The summed E-state index contributed by atoms with van der Waals surface area (Å²) in [6.07, 6.45) is 0. The molecule has 1 unspecified atom stereocenters. The zero-order valence-electron chi connectivity index (χ0n) is 9.40. The maximum atomic E-state index is 5.61. The highest BCUT2D eigenvalue weighted by atomic mass is 32.2. The summed E-state index contributed by atoms with van der Waals surface area (Å²) >= 11 is 13.0. The number of nitrogens with one attached hydrogen (secondary N) is 1. The average Bonchev–Trinajstić information content (AvgIpc) is 2.76. The van der Waals surface area contributed by atoms with Gasteiger partial charge in [0.05, 0.1) is 11.9 Å². The summed E-state index contributed by atoms with van der Waals surface area (Å²) in [6.45, 7) is 2.09. The Labute approximate surface area is 116 Å². The molecule has 0 bridgehead atoms. The Bertz CT molecular complexity index is 512. The van der Waals surface area contributed by atoms with Crippen LogP contribution in [0.25, 0.3) is 0 Å². The van der Waals surface area contributed by atoms with Crippen LogP contribution in [0.1, 0.15) is 11.1 Å². The second-order valence-electron chi connectivity index (χ2n) is 4.33. The molecular formula is C12H12N2S3. The van der Waals surface area contributed by atoms with Crippen molar-refractivity contribution < 1.29 is 0 Å². The fourth-order valence-corrected chi connectivity index (χ4v) is 4.22. The molecule has 1 saturated heterocycles. The molecule has 0 radical (unpaired) electrons. The van der Waals surface area contributed by atoms with Crippen molar-refractivity contribution in [1.29, 1.82) is 0 Å². The minimum absolute atomic E-state index is 0.259. The van der Waals surface area contributed by atoms with E-state index in [0.717, 1.165) is 32.9 Å². The van der Waals surface area contributed by atoms with Crippen LogP contribution in [0.3, 0.4) is 0 Å². The first kappa shape index (κ1) is 11.4. The van der Waals surface area contributed by atoms with Gasteiger partial charge >= 0.3 is 0 Å². The largest absolute Gasteiger partial charge is 0.348 e. The smallest absolute Gasteiger partial charge is 0.112 e. The Morgan fingerprint density at radius 1 is 1.41 bits per heavy atom. The summed E-state index contributed by atoms with van der Waals surface area (Å²) in [5, 5.41) is 3.34. The molecule has 0 saturated carbocycles. The van der Waals surface area contributed by atoms with Crippen LogP contribution in [0.2, 0.25) is 0 Å². The van der Waals surface area contributed by atoms with E-state index in [1.807, 2.05) is 11.8 Å². The van der Waals surface area contributed by atoms with Gasteiger partial charge in [0.1, 0.15) is 9.98 Å². The first-order valence-electron chi connectivity index (χ1n) is 5.47. The number of hydrogen-bond donors (Lipinski definition) is 1. The first-order chi connectivity index (χ1) is 8.16. The molecule has 5 heteroatoms. The quantitative estimate of drug-likeness (QED) is 0.733. The maximum Gasteiger partial charge on any atom is 0.112 e. The fourth-order valence-electron chi connectivity index (χ4n) is 2.17. The third-order valence-corrected chi connectivity index (χ3v) is 4.95. The number of anilines is 1. The molecule has 1 aromatic carbocycles. The Morgan fingerprint density at radius 2 is 2.24 bits per heavy atom. The number of benzene rings is 1. The van der Waals surface area contributed by atoms with E-state index in [1.54, 1.807) is 0 Å². The second-order valence-corrected chi connectivity index (χ2v) is 6.16. The molecule has 2 aliphatic rings. The lowest BCUT2D eigenvalue weighted by molar-refractivity contribution is 0.499. The summed E-state index contributed by atoms with van der Waals surface area (Å²) in [4.78, 5) is 4.05. The number of hydrogen-bond acceptors (Lipinski definition) is 3. The Hall–Kier alpha value is -0.650.